The van der Waals surface area contributed by atoms with E-state index in [1.807, 2.05) is 6.92 Å². The van der Waals surface area contributed by atoms with Gasteiger partial charge in [-0.05, 0) is 49.3 Å². The molecule has 1 fully saturated rings. The largest absolute Gasteiger partial charge is 0.314 e. The van der Waals surface area contributed by atoms with Crippen molar-refractivity contribution in [2.45, 2.75) is 52.5 Å². The molecule has 3 heteroatoms. The van der Waals surface area contributed by atoms with E-state index >= 15 is 0 Å². The van der Waals surface area contributed by atoms with Crippen molar-refractivity contribution in [3.05, 3.63) is 35.4 Å². The zero-order valence-corrected chi connectivity index (χ0v) is 12.7. The first-order chi connectivity index (χ1) is 9.45. The predicted molar refractivity (Wildman–Crippen MR) is 78.6 cm³/mol. The molecule has 2 atom stereocenters. The van der Waals surface area contributed by atoms with Crippen LogP contribution in [0.5, 0.6) is 0 Å². The molecule has 1 aromatic carbocycles. The lowest BCUT2D eigenvalue weighted by atomic mass is 9.75. The molecule has 0 spiro atoms. The molecular formula is C17H25F2N. The van der Waals surface area contributed by atoms with Gasteiger partial charge in [-0.15, -0.1) is 0 Å². The third kappa shape index (κ3) is 3.20. The average Bonchev–Trinajstić information content (AvgIpc) is 2.72. The fraction of sp³-hybridized carbons (Fsp3) is 0.647. The fourth-order valence-corrected chi connectivity index (χ4v) is 3.67. The summed E-state index contributed by atoms with van der Waals surface area (Å²) in [5.41, 5.74) is 0.468. The first kappa shape index (κ1) is 15.4. The number of hydrogen-bond donors (Lipinski definition) is 1. The molecule has 0 aliphatic heterocycles. The second-order valence-corrected chi connectivity index (χ2v) is 6.56. The molecule has 2 unspecified atom stereocenters. The van der Waals surface area contributed by atoms with Crippen LogP contribution in [0.1, 0.15) is 45.6 Å². The standard InChI is InChI=1S/C17H25F2N/c1-4-20-16(13-7-6-10-17(13,2)3)11-12-14(18)8-5-9-15(12)19/h5,8-9,13,16,20H,4,6-7,10-11H2,1-3H3. The van der Waals surface area contributed by atoms with Crippen LogP contribution in [0.4, 0.5) is 8.78 Å². The van der Waals surface area contributed by atoms with E-state index in [1.54, 1.807) is 0 Å². The summed E-state index contributed by atoms with van der Waals surface area (Å²) in [6, 6.07) is 4.27. The molecule has 0 amide bonds. The van der Waals surface area contributed by atoms with E-state index in [0.717, 1.165) is 13.0 Å². The Hall–Kier alpha value is -0.960. The normalized spacial score (nSPS) is 22.9. The van der Waals surface area contributed by atoms with Crippen LogP contribution >= 0.6 is 0 Å². The molecule has 1 aliphatic carbocycles. The number of likely N-dealkylation sites (N-methyl/N-ethyl adjacent to an activating group) is 1. The van der Waals surface area contributed by atoms with Gasteiger partial charge in [0.25, 0.3) is 0 Å². The molecule has 1 aromatic rings. The van der Waals surface area contributed by atoms with E-state index < -0.39 is 11.6 Å². The van der Waals surface area contributed by atoms with Gasteiger partial charge in [-0.1, -0.05) is 33.3 Å². The van der Waals surface area contributed by atoms with Crippen LogP contribution in [0, 0.1) is 23.0 Å². The Morgan fingerprint density at radius 2 is 1.95 bits per heavy atom. The summed E-state index contributed by atoms with van der Waals surface area (Å²) in [5, 5.41) is 3.45. The van der Waals surface area contributed by atoms with Gasteiger partial charge in [0.1, 0.15) is 11.6 Å². The zero-order chi connectivity index (χ0) is 14.8. The lowest BCUT2D eigenvalue weighted by Crippen LogP contribution is -2.42. The van der Waals surface area contributed by atoms with Crippen molar-refractivity contribution in [2.24, 2.45) is 11.3 Å². The minimum absolute atomic E-state index is 0.142. The molecule has 0 aromatic heterocycles. The summed E-state index contributed by atoms with van der Waals surface area (Å²) in [6.45, 7) is 7.42. The quantitative estimate of drug-likeness (QED) is 0.848. The Bertz CT molecular complexity index is 436. The van der Waals surface area contributed by atoms with Crippen LogP contribution in [-0.2, 0) is 6.42 Å². The topological polar surface area (TPSA) is 12.0 Å². The van der Waals surface area contributed by atoms with Crippen molar-refractivity contribution < 1.29 is 8.78 Å². The van der Waals surface area contributed by atoms with Gasteiger partial charge in [0.05, 0.1) is 0 Å². The third-order valence-electron chi connectivity index (χ3n) is 4.78. The Morgan fingerprint density at radius 1 is 1.30 bits per heavy atom. The molecule has 2 rings (SSSR count). The van der Waals surface area contributed by atoms with Crippen molar-refractivity contribution in [1.82, 2.24) is 5.32 Å². The molecular weight excluding hydrogens is 256 g/mol. The lowest BCUT2D eigenvalue weighted by molar-refractivity contribution is 0.195. The molecule has 112 valence electrons. The Labute approximate surface area is 120 Å². The van der Waals surface area contributed by atoms with Gasteiger partial charge in [-0.25, -0.2) is 8.78 Å². The van der Waals surface area contributed by atoms with E-state index in [2.05, 4.69) is 19.2 Å². The van der Waals surface area contributed by atoms with Crippen molar-refractivity contribution in [3.8, 4) is 0 Å². The zero-order valence-electron chi connectivity index (χ0n) is 12.7. The van der Waals surface area contributed by atoms with Gasteiger partial charge in [0.15, 0.2) is 0 Å². The second kappa shape index (κ2) is 6.21. The smallest absolute Gasteiger partial charge is 0.129 e. The number of halogens is 2. The van der Waals surface area contributed by atoms with Crippen LogP contribution in [0.15, 0.2) is 18.2 Å². The highest BCUT2D eigenvalue weighted by Gasteiger charge is 2.39. The highest BCUT2D eigenvalue weighted by atomic mass is 19.1. The number of rotatable bonds is 5. The average molecular weight is 281 g/mol. The number of benzene rings is 1. The molecule has 0 bridgehead atoms. The van der Waals surface area contributed by atoms with Crippen molar-refractivity contribution in [2.75, 3.05) is 6.54 Å². The van der Waals surface area contributed by atoms with Crippen LogP contribution in [-0.4, -0.2) is 12.6 Å². The van der Waals surface area contributed by atoms with E-state index in [0.29, 0.717) is 12.3 Å². The van der Waals surface area contributed by atoms with Crippen LogP contribution < -0.4 is 5.32 Å². The maximum atomic E-state index is 13.9. The Kier molecular flexibility index (Phi) is 4.79. The van der Waals surface area contributed by atoms with Crippen LogP contribution in [0.25, 0.3) is 0 Å². The number of nitrogens with one attached hydrogen (secondary N) is 1. The molecule has 0 saturated heterocycles. The number of hydrogen-bond acceptors (Lipinski definition) is 1. The SMILES string of the molecule is CCNC(Cc1c(F)cccc1F)C1CCCC1(C)C. The Morgan fingerprint density at radius 3 is 2.45 bits per heavy atom. The summed E-state index contributed by atoms with van der Waals surface area (Å²) in [5.74, 6) is -0.381. The van der Waals surface area contributed by atoms with E-state index in [-0.39, 0.29) is 17.0 Å². The highest BCUT2D eigenvalue weighted by Crippen LogP contribution is 2.45. The van der Waals surface area contributed by atoms with Gasteiger partial charge in [-0.2, -0.15) is 0 Å². The van der Waals surface area contributed by atoms with Gasteiger partial charge >= 0.3 is 0 Å². The summed E-state index contributed by atoms with van der Waals surface area (Å²) < 4.78 is 27.7. The molecule has 20 heavy (non-hydrogen) atoms. The second-order valence-electron chi connectivity index (χ2n) is 6.56. The predicted octanol–water partition coefficient (Wildman–Crippen LogP) is 4.31. The van der Waals surface area contributed by atoms with Gasteiger partial charge in [-0.3, -0.25) is 0 Å². The van der Waals surface area contributed by atoms with Crippen LogP contribution in [0.3, 0.4) is 0 Å². The van der Waals surface area contributed by atoms with Gasteiger partial charge < -0.3 is 5.32 Å². The molecule has 1 aliphatic rings. The molecule has 0 radical (unpaired) electrons. The molecule has 1 saturated carbocycles. The lowest BCUT2D eigenvalue weighted by Gasteiger charge is -2.35. The molecule has 1 nitrogen and oxygen atoms in total. The highest BCUT2D eigenvalue weighted by molar-refractivity contribution is 5.21. The van der Waals surface area contributed by atoms with Gasteiger partial charge in [0, 0.05) is 11.6 Å². The monoisotopic (exact) mass is 281 g/mol. The molecule has 1 N–H and O–H groups in total. The first-order valence-corrected chi connectivity index (χ1v) is 7.62. The minimum Gasteiger partial charge on any atom is -0.314 e. The van der Waals surface area contributed by atoms with Crippen molar-refractivity contribution in [3.63, 3.8) is 0 Å². The molecule has 0 heterocycles. The maximum absolute atomic E-state index is 13.9. The summed E-state index contributed by atoms with van der Waals surface area (Å²) >= 11 is 0. The van der Waals surface area contributed by atoms with E-state index in [9.17, 15) is 8.78 Å². The Balaban J connectivity index is 2.22. The first-order valence-electron chi connectivity index (χ1n) is 7.62. The van der Waals surface area contributed by atoms with Gasteiger partial charge in [0.2, 0.25) is 0 Å². The van der Waals surface area contributed by atoms with E-state index in [4.69, 9.17) is 0 Å². The van der Waals surface area contributed by atoms with Crippen molar-refractivity contribution >= 4 is 0 Å². The fourth-order valence-electron chi connectivity index (χ4n) is 3.67. The third-order valence-corrected chi connectivity index (χ3v) is 4.78. The van der Waals surface area contributed by atoms with Crippen molar-refractivity contribution in [1.29, 1.82) is 0 Å². The summed E-state index contributed by atoms with van der Waals surface area (Å²) in [7, 11) is 0. The maximum Gasteiger partial charge on any atom is 0.129 e. The van der Waals surface area contributed by atoms with E-state index in [1.165, 1.54) is 31.0 Å². The summed E-state index contributed by atoms with van der Waals surface area (Å²) in [6.07, 6.45) is 3.97. The van der Waals surface area contributed by atoms with Crippen LogP contribution in [0.2, 0.25) is 0 Å². The minimum atomic E-state index is -0.427. The summed E-state index contributed by atoms with van der Waals surface area (Å²) in [4.78, 5) is 0.